The normalized spacial score (nSPS) is 10.9. The van der Waals surface area contributed by atoms with E-state index in [-0.39, 0.29) is 23.1 Å². The molecular formula is C17H12BrN5O4. The summed E-state index contributed by atoms with van der Waals surface area (Å²) in [6, 6.07) is 9.56. The first-order valence-electron chi connectivity index (χ1n) is 7.78. The van der Waals surface area contributed by atoms with Gasteiger partial charge in [-0.15, -0.1) is 0 Å². The van der Waals surface area contributed by atoms with E-state index in [1.54, 1.807) is 31.2 Å². The van der Waals surface area contributed by atoms with Crippen molar-refractivity contribution < 1.29 is 13.6 Å². The maximum Gasteiger partial charge on any atom is 0.292 e. The third kappa shape index (κ3) is 3.47. The molecule has 4 aromatic rings. The molecule has 0 radical (unpaired) electrons. The van der Waals surface area contributed by atoms with Gasteiger partial charge in [-0.1, -0.05) is 0 Å². The summed E-state index contributed by atoms with van der Waals surface area (Å²) in [7, 11) is 0. The van der Waals surface area contributed by atoms with Crippen molar-refractivity contribution in [2.45, 2.75) is 6.92 Å². The smallest absolute Gasteiger partial charge is 0.292 e. The van der Waals surface area contributed by atoms with Gasteiger partial charge >= 0.3 is 0 Å². The zero-order valence-corrected chi connectivity index (χ0v) is 15.5. The minimum absolute atomic E-state index is 0.111. The molecule has 0 aliphatic heterocycles. The second-order valence-electron chi connectivity index (χ2n) is 5.57. The SMILES string of the molecule is Cc1cc(=O)[nH]c(-n2nc(-c3ccco3)cc2NC(=O)c2ccc(Br)o2)n1. The van der Waals surface area contributed by atoms with Gasteiger partial charge in [-0.3, -0.25) is 14.6 Å². The van der Waals surface area contributed by atoms with Gasteiger partial charge in [-0.05, 0) is 47.1 Å². The van der Waals surface area contributed by atoms with Crippen molar-refractivity contribution in [3.05, 3.63) is 69.1 Å². The van der Waals surface area contributed by atoms with E-state index in [9.17, 15) is 9.59 Å². The number of nitrogens with one attached hydrogen (secondary N) is 2. The number of hydrogen-bond donors (Lipinski definition) is 2. The minimum Gasteiger partial charge on any atom is -0.463 e. The molecule has 0 bridgehead atoms. The van der Waals surface area contributed by atoms with Crippen LogP contribution in [0.4, 0.5) is 5.82 Å². The van der Waals surface area contributed by atoms with Crippen LogP contribution in [0.15, 0.2) is 61.0 Å². The molecule has 0 fully saturated rings. The largest absolute Gasteiger partial charge is 0.463 e. The molecule has 2 N–H and O–H groups in total. The molecule has 0 unspecified atom stereocenters. The Kier molecular flexibility index (Phi) is 4.24. The molecule has 9 nitrogen and oxygen atoms in total. The fourth-order valence-electron chi connectivity index (χ4n) is 2.45. The Morgan fingerprint density at radius 1 is 1.30 bits per heavy atom. The van der Waals surface area contributed by atoms with E-state index in [1.807, 2.05) is 0 Å². The number of aromatic amines is 1. The Hall–Kier alpha value is -3.40. The highest BCUT2D eigenvalue weighted by molar-refractivity contribution is 9.10. The summed E-state index contributed by atoms with van der Waals surface area (Å²) in [5.74, 6) is 0.573. The molecule has 0 spiro atoms. The van der Waals surface area contributed by atoms with Gasteiger partial charge in [0, 0.05) is 17.8 Å². The first-order valence-corrected chi connectivity index (χ1v) is 8.58. The number of nitrogens with zero attached hydrogens (tertiary/aromatic N) is 3. The van der Waals surface area contributed by atoms with Gasteiger partial charge in [0.25, 0.3) is 11.5 Å². The molecule has 1 amide bonds. The highest BCUT2D eigenvalue weighted by Gasteiger charge is 2.19. The zero-order chi connectivity index (χ0) is 19.0. The van der Waals surface area contributed by atoms with E-state index in [0.29, 0.717) is 21.8 Å². The Bertz CT molecular complexity index is 1170. The maximum atomic E-state index is 12.5. The molecule has 0 saturated carbocycles. The lowest BCUT2D eigenvalue weighted by Crippen LogP contribution is -2.18. The van der Waals surface area contributed by atoms with Crippen molar-refractivity contribution in [1.82, 2.24) is 19.7 Å². The van der Waals surface area contributed by atoms with Gasteiger partial charge in [0.1, 0.15) is 11.5 Å². The average molecular weight is 430 g/mol. The number of aromatic nitrogens is 4. The van der Waals surface area contributed by atoms with Crippen molar-refractivity contribution in [1.29, 1.82) is 0 Å². The lowest BCUT2D eigenvalue weighted by molar-refractivity contribution is 0.0994. The molecule has 4 aromatic heterocycles. The molecule has 10 heteroatoms. The summed E-state index contributed by atoms with van der Waals surface area (Å²) >= 11 is 3.16. The highest BCUT2D eigenvalue weighted by Crippen LogP contribution is 2.25. The van der Waals surface area contributed by atoms with Crippen LogP contribution in [-0.2, 0) is 0 Å². The van der Waals surface area contributed by atoms with E-state index in [0.717, 1.165) is 0 Å². The van der Waals surface area contributed by atoms with E-state index in [2.05, 4.69) is 36.3 Å². The first kappa shape index (κ1) is 17.0. The van der Waals surface area contributed by atoms with Crippen LogP contribution in [0.1, 0.15) is 16.2 Å². The van der Waals surface area contributed by atoms with Crippen LogP contribution in [0.5, 0.6) is 0 Å². The molecule has 4 rings (SSSR count). The zero-order valence-electron chi connectivity index (χ0n) is 13.9. The predicted octanol–water partition coefficient (Wildman–Crippen LogP) is 3.13. The topological polar surface area (TPSA) is 119 Å². The van der Waals surface area contributed by atoms with Crippen LogP contribution in [0.25, 0.3) is 17.4 Å². The van der Waals surface area contributed by atoms with Crippen LogP contribution >= 0.6 is 15.9 Å². The standard InChI is InChI=1S/C17H12BrN5O4/c1-9-7-15(24)21-17(19-9)23-14(8-10(22-23)11-3-2-6-26-11)20-16(25)12-4-5-13(18)27-12/h2-8H,1H3,(H,20,25)(H,19,21,24). The third-order valence-electron chi connectivity index (χ3n) is 3.58. The Morgan fingerprint density at radius 3 is 2.81 bits per heavy atom. The molecule has 136 valence electrons. The van der Waals surface area contributed by atoms with Gasteiger partial charge in [-0.25, -0.2) is 4.98 Å². The van der Waals surface area contributed by atoms with Gasteiger partial charge < -0.3 is 14.2 Å². The van der Waals surface area contributed by atoms with Crippen LogP contribution < -0.4 is 10.9 Å². The van der Waals surface area contributed by atoms with Gasteiger partial charge in [0.05, 0.1) is 6.26 Å². The summed E-state index contributed by atoms with van der Waals surface area (Å²) in [6.45, 7) is 1.69. The monoisotopic (exact) mass is 429 g/mol. The first-order chi connectivity index (χ1) is 13.0. The van der Waals surface area contributed by atoms with Crippen LogP contribution in [0, 0.1) is 6.92 Å². The number of halogens is 1. The number of rotatable bonds is 4. The van der Waals surface area contributed by atoms with E-state index in [4.69, 9.17) is 8.83 Å². The average Bonchev–Trinajstić information content (AvgIpc) is 3.33. The molecule has 4 heterocycles. The lowest BCUT2D eigenvalue weighted by Gasteiger charge is -2.07. The molecule has 27 heavy (non-hydrogen) atoms. The Morgan fingerprint density at radius 2 is 2.15 bits per heavy atom. The van der Waals surface area contributed by atoms with Crippen molar-refractivity contribution in [2.24, 2.45) is 0 Å². The summed E-state index contributed by atoms with van der Waals surface area (Å²) in [5.41, 5.74) is 0.635. The third-order valence-corrected chi connectivity index (χ3v) is 4.01. The lowest BCUT2D eigenvalue weighted by atomic mass is 10.3. The maximum absolute atomic E-state index is 12.5. The van der Waals surface area contributed by atoms with Crippen LogP contribution in [0.2, 0.25) is 0 Å². The van der Waals surface area contributed by atoms with Crippen molar-refractivity contribution in [3.8, 4) is 17.4 Å². The quantitative estimate of drug-likeness (QED) is 0.514. The second kappa shape index (κ2) is 6.72. The molecular weight excluding hydrogens is 418 g/mol. The predicted molar refractivity (Wildman–Crippen MR) is 98.8 cm³/mol. The molecule has 0 atom stereocenters. The summed E-state index contributed by atoms with van der Waals surface area (Å²) < 4.78 is 12.4. The number of amides is 1. The molecule has 0 aromatic carbocycles. The summed E-state index contributed by atoms with van der Waals surface area (Å²) in [5, 5.41) is 7.10. The van der Waals surface area contributed by atoms with Crippen LogP contribution in [-0.4, -0.2) is 25.7 Å². The number of hydrogen-bond acceptors (Lipinski definition) is 6. The van der Waals surface area contributed by atoms with E-state index >= 15 is 0 Å². The molecule has 0 saturated heterocycles. The molecule has 0 aliphatic rings. The number of furan rings is 2. The summed E-state index contributed by atoms with van der Waals surface area (Å²) in [6.07, 6.45) is 1.51. The van der Waals surface area contributed by atoms with Gasteiger partial charge in [-0.2, -0.15) is 9.78 Å². The number of carbonyl (C=O) groups excluding carboxylic acids is 1. The van der Waals surface area contributed by atoms with E-state index in [1.165, 1.54) is 23.1 Å². The van der Waals surface area contributed by atoms with Crippen LogP contribution in [0.3, 0.4) is 0 Å². The van der Waals surface area contributed by atoms with Gasteiger partial charge in [0.2, 0.25) is 5.95 Å². The Balaban J connectivity index is 1.79. The molecule has 0 aliphatic carbocycles. The fourth-order valence-corrected chi connectivity index (χ4v) is 2.76. The van der Waals surface area contributed by atoms with E-state index < -0.39 is 5.91 Å². The second-order valence-corrected chi connectivity index (χ2v) is 6.35. The van der Waals surface area contributed by atoms with Crippen molar-refractivity contribution in [2.75, 3.05) is 5.32 Å². The minimum atomic E-state index is -0.483. The number of anilines is 1. The fraction of sp³-hybridized carbons (Fsp3) is 0.0588. The highest BCUT2D eigenvalue weighted by atomic mass is 79.9. The Labute approximate surface area is 160 Å². The number of aryl methyl sites for hydroxylation is 1. The van der Waals surface area contributed by atoms with Gasteiger partial charge in [0.15, 0.2) is 16.2 Å². The van der Waals surface area contributed by atoms with Crippen molar-refractivity contribution in [3.63, 3.8) is 0 Å². The van der Waals surface area contributed by atoms with Crippen molar-refractivity contribution >= 4 is 27.7 Å². The summed E-state index contributed by atoms with van der Waals surface area (Å²) in [4.78, 5) is 31.2. The number of carbonyl (C=O) groups is 1. The number of H-pyrrole nitrogens is 1.